The van der Waals surface area contributed by atoms with Gasteiger partial charge >= 0.3 is 0 Å². The first kappa shape index (κ1) is 17.6. The van der Waals surface area contributed by atoms with Gasteiger partial charge in [-0.1, -0.05) is 36.9 Å². The second-order valence-electron chi connectivity index (χ2n) is 5.39. The topological polar surface area (TPSA) is 107 Å². The van der Waals surface area contributed by atoms with Crippen LogP contribution < -0.4 is 11.1 Å². The van der Waals surface area contributed by atoms with Crippen LogP contribution in [0.15, 0.2) is 10.4 Å². The van der Waals surface area contributed by atoms with Gasteiger partial charge in [0.2, 0.25) is 5.95 Å². The Morgan fingerprint density at radius 3 is 2.83 bits per heavy atom. The summed E-state index contributed by atoms with van der Waals surface area (Å²) < 4.78 is 0.905. The van der Waals surface area contributed by atoms with Crippen LogP contribution in [0, 0.1) is 12.8 Å². The van der Waals surface area contributed by atoms with Crippen molar-refractivity contribution in [2.45, 2.75) is 31.5 Å². The minimum Gasteiger partial charge on any atom is -0.368 e. The summed E-state index contributed by atoms with van der Waals surface area (Å²) in [6.07, 6.45) is 0.763. The average molecular weight is 352 g/mol. The molecule has 0 aliphatic rings. The van der Waals surface area contributed by atoms with Crippen molar-refractivity contribution in [3.63, 3.8) is 0 Å². The van der Waals surface area contributed by atoms with Gasteiger partial charge in [-0.15, -0.1) is 10.2 Å². The largest absolute Gasteiger partial charge is 0.368 e. The second-order valence-corrected chi connectivity index (χ2v) is 7.92. The maximum atomic E-state index is 12.2. The van der Waals surface area contributed by atoms with E-state index in [9.17, 15) is 4.79 Å². The van der Waals surface area contributed by atoms with Gasteiger partial charge in [0, 0.05) is 18.0 Å². The molecule has 0 atom stereocenters. The van der Waals surface area contributed by atoms with Gasteiger partial charge < -0.3 is 11.1 Å². The van der Waals surface area contributed by atoms with Crippen LogP contribution in [0.5, 0.6) is 0 Å². The number of nitrogen functional groups attached to an aromatic ring is 1. The summed E-state index contributed by atoms with van der Waals surface area (Å²) in [4.78, 5) is 20.3. The third-order valence-electron chi connectivity index (χ3n) is 2.77. The number of amides is 1. The number of aromatic nitrogens is 4. The minimum absolute atomic E-state index is 0.131. The molecule has 2 aromatic heterocycles. The number of carbonyl (C=O) groups is 1. The van der Waals surface area contributed by atoms with Crippen molar-refractivity contribution in [2.75, 3.05) is 18.0 Å². The Morgan fingerprint density at radius 1 is 1.39 bits per heavy atom. The van der Waals surface area contributed by atoms with Crippen molar-refractivity contribution < 1.29 is 4.79 Å². The molecule has 0 spiro atoms. The summed E-state index contributed by atoms with van der Waals surface area (Å²) >= 11 is 3.11. The number of hydrogen-bond acceptors (Lipinski definition) is 8. The van der Waals surface area contributed by atoms with Gasteiger partial charge in [0.25, 0.3) is 5.91 Å². The van der Waals surface area contributed by atoms with Crippen LogP contribution in [-0.2, 0) is 6.42 Å². The van der Waals surface area contributed by atoms with Gasteiger partial charge in [-0.3, -0.25) is 4.79 Å². The fourth-order valence-corrected chi connectivity index (χ4v) is 3.63. The van der Waals surface area contributed by atoms with E-state index >= 15 is 0 Å². The predicted octanol–water partition coefficient (Wildman–Crippen LogP) is 1.94. The Morgan fingerprint density at radius 2 is 2.17 bits per heavy atom. The molecule has 124 valence electrons. The highest BCUT2D eigenvalue weighted by atomic mass is 32.2. The first-order valence-corrected chi connectivity index (χ1v) is 9.08. The van der Waals surface area contributed by atoms with Crippen molar-refractivity contribution in [3.8, 4) is 0 Å². The number of thioether (sulfide) groups is 1. The van der Waals surface area contributed by atoms with Crippen molar-refractivity contribution in [3.05, 3.63) is 22.5 Å². The van der Waals surface area contributed by atoms with Gasteiger partial charge in [-0.2, -0.15) is 0 Å². The van der Waals surface area contributed by atoms with E-state index < -0.39 is 0 Å². The van der Waals surface area contributed by atoms with E-state index in [1.807, 2.05) is 6.92 Å². The molecule has 7 nitrogen and oxygen atoms in total. The predicted molar refractivity (Wildman–Crippen MR) is 92.7 cm³/mol. The number of carbonyl (C=O) groups excluding carboxylic acids is 1. The molecule has 2 aromatic rings. The number of hydrogen-bond donors (Lipinski definition) is 2. The van der Waals surface area contributed by atoms with Crippen molar-refractivity contribution in [1.29, 1.82) is 0 Å². The maximum Gasteiger partial charge on any atom is 0.270 e. The number of nitrogens with one attached hydrogen (secondary N) is 1. The molecule has 3 N–H and O–H groups in total. The number of nitrogens with two attached hydrogens (primary N) is 1. The van der Waals surface area contributed by atoms with Crippen LogP contribution in [0.1, 0.15) is 35.0 Å². The second kappa shape index (κ2) is 8.21. The lowest BCUT2D eigenvalue weighted by Gasteiger charge is -2.08. The third kappa shape index (κ3) is 5.76. The van der Waals surface area contributed by atoms with Gasteiger partial charge in [-0.25, -0.2) is 9.97 Å². The summed E-state index contributed by atoms with van der Waals surface area (Å²) in [7, 11) is 0. The molecule has 9 heteroatoms. The van der Waals surface area contributed by atoms with Gasteiger partial charge in [0.15, 0.2) is 4.34 Å². The van der Waals surface area contributed by atoms with Crippen LogP contribution in [0.25, 0.3) is 0 Å². The molecule has 23 heavy (non-hydrogen) atoms. The van der Waals surface area contributed by atoms with E-state index in [1.54, 1.807) is 29.2 Å². The lowest BCUT2D eigenvalue weighted by atomic mass is 10.1. The smallest absolute Gasteiger partial charge is 0.270 e. The Balaban J connectivity index is 1.86. The lowest BCUT2D eigenvalue weighted by Crippen LogP contribution is -2.27. The first-order chi connectivity index (χ1) is 10.9. The molecule has 0 aromatic carbocycles. The summed E-state index contributed by atoms with van der Waals surface area (Å²) in [6.45, 7) is 6.61. The molecule has 0 aliphatic heterocycles. The first-order valence-electron chi connectivity index (χ1n) is 7.28. The number of anilines is 1. The van der Waals surface area contributed by atoms with E-state index in [0.717, 1.165) is 27.2 Å². The molecular formula is C14H20N6OS2. The SMILES string of the molecule is Cc1nnc(SCCNC(=O)c2cc(CC(C)C)nc(N)n2)s1. The van der Waals surface area contributed by atoms with Crippen LogP contribution in [0.2, 0.25) is 0 Å². The average Bonchev–Trinajstić information content (AvgIpc) is 2.87. The quantitative estimate of drug-likeness (QED) is 0.579. The van der Waals surface area contributed by atoms with Gasteiger partial charge in [-0.05, 0) is 25.3 Å². The summed E-state index contributed by atoms with van der Waals surface area (Å²) in [6, 6.07) is 1.70. The molecule has 2 heterocycles. The minimum atomic E-state index is -0.238. The van der Waals surface area contributed by atoms with E-state index in [4.69, 9.17) is 5.73 Å². The molecule has 2 rings (SSSR count). The monoisotopic (exact) mass is 352 g/mol. The fraction of sp³-hybridized carbons (Fsp3) is 0.500. The normalized spacial score (nSPS) is 11.0. The molecule has 0 bridgehead atoms. The van der Waals surface area contributed by atoms with Crippen LogP contribution in [0.3, 0.4) is 0 Å². The molecule has 0 radical (unpaired) electrons. The van der Waals surface area contributed by atoms with Crippen molar-refractivity contribution >= 4 is 35.0 Å². The highest BCUT2D eigenvalue weighted by Crippen LogP contribution is 2.20. The zero-order chi connectivity index (χ0) is 16.8. The van der Waals surface area contributed by atoms with Gasteiger partial charge in [0.05, 0.1) is 0 Å². The molecule has 0 aliphatic carbocycles. The standard InChI is InChI=1S/C14H20N6OS2/c1-8(2)6-10-7-11(18-13(15)17-10)12(21)16-4-5-22-14-20-19-9(3)23-14/h7-8H,4-6H2,1-3H3,(H,16,21)(H2,15,17,18). The van der Waals surface area contributed by atoms with E-state index in [1.165, 1.54) is 0 Å². The molecule has 0 saturated heterocycles. The number of rotatable bonds is 7. The molecule has 0 saturated carbocycles. The van der Waals surface area contributed by atoms with Crippen LogP contribution in [0.4, 0.5) is 5.95 Å². The number of nitrogens with zero attached hydrogens (tertiary/aromatic N) is 4. The molecule has 0 unspecified atom stereocenters. The van der Waals surface area contributed by atoms with Crippen molar-refractivity contribution in [2.24, 2.45) is 5.92 Å². The maximum absolute atomic E-state index is 12.2. The fourth-order valence-electron chi connectivity index (χ4n) is 1.89. The highest BCUT2D eigenvalue weighted by molar-refractivity contribution is 8.01. The Hall–Kier alpha value is -1.74. The van der Waals surface area contributed by atoms with E-state index in [2.05, 4.69) is 39.3 Å². The summed E-state index contributed by atoms with van der Waals surface area (Å²) in [5.41, 5.74) is 6.78. The Labute approximate surface area is 143 Å². The highest BCUT2D eigenvalue weighted by Gasteiger charge is 2.11. The zero-order valence-corrected chi connectivity index (χ0v) is 15.0. The molecule has 1 amide bonds. The van der Waals surface area contributed by atoms with Crippen molar-refractivity contribution in [1.82, 2.24) is 25.5 Å². The Kier molecular flexibility index (Phi) is 6.28. The van der Waals surface area contributed by atoms with Gasteiger partial charge in [0.1, 0.15) is 10.7 Å². The van der Waals surface area contributed by atoms with Crippen LogP contribution in [-0.4, -0.2) is 38.4 Å². The van der Waals surface area contributed by atoms with E-state index in [-0.39, 0.29) is 11.9 Å². The van der Waals surface area contributed by atoms with E-state index in [0.29, 0.717) is 18.2 Å². The van der Waals surface area contributed by atoms with Crippen LogP contribution >= 0.6 is 23.1 Å². The summed E-state index contributed by atoms with van der Waals surface area (Å²) in [5.74, 6) is 1.05. The lowest BCUT2D eigenvalue weighted by molar-refractivity contribution is 0.0951. The summed E-state index contributed by atoms with van der Waals surface area (Å²) in [5, 5.41) is 11.7. The Bertz CT molecular complexity index is 673. The molecule has 0 fully saturated rings. The molecular weight excluding hydrogens is 332 g/mol. The number of aryl methyl sites for hydroxylation is 1. The zero-order valence-electron chi connectivity index (χ0n) is 13.4. The third-order valence-corrected chi connectivity index (χ3v) is 4.74.